The molecule has 0 saturated carbocycles. The fourth-order valence-corrected chi connectivity index (χ4v) is 4.42. The van der Waals surface area contributed by atoms with Crippen LogP contribution in [0.3, 0.4) is 0 Å². The average Bonchev–Trinajstić information content (AvgIpc) is 3.46. The Morgan fingerprint density at radius 3 is 2.65 bits per heavy atom. The summed E-state index contributed by atoms with van der Waals surface area (Å²) in [7, 11) is 1.91. The van der Waals surface area contributed by atoms with Gasteiger partial charge in [-0.1, -0.05) is 11.6 Å². The van der Waals surface area contributed by atoms with Crippen LogP contribution in [0.2, 0.25) is 5.02 Å². The van der Waals surface area contributed by atoms with Gasteiger partial charge in [0, 0.05) is 57.1 Å². The fourth-order valence-electron chi connectivity index (χ4n) is 4.18. The Hall–Kier alpha value is -2.58. The molecule has 2 aromatic rings. The summed E-state index contributed by atoms with van der Waals surface area (Å²) in [6, 6.07) is 6.80. The number of aromatic nitrogens is 2. The first-order chi connectivity index (χ1) is 15.0. The molecule has 0 spiro atoms. The molecule has 0 radical (unpaired) electrons. The monoisotopic (exact) mass is 444 g/mol. The van der Waals surface area contributed by atoms with E-state index in [0.717, 1.165) is 38.2 Å². The van der Waals surface area contributed by atoms with Crippen LogP contribution in [0.1, 0.15) is 30.1 Å². The van der Waals surface area contributed by atoms with Gasteiger partial charge in [-0.2, -0.15) is 5.10 Å². The van der Waals surface area contributed by atoms with Gasteiger partial charge in [-0.05, 0) is 45.0 Å². The molecule has 31 heavy (non-hydrogen) atoms. The average molecular weight is 445 g/mol. The van der Waals surface area contributed by atoms with Gasteiger partial charge in [0.25, 0.3) is 5.91 Å². The number of benzene rings is 1. The Labute approximate surface area is 187 Å². The number of carbonyl (C=O) groups excluding carboxylic acids is 2. The van der Waals surface area contributed by atoms with Crippen LogP contribution in [0.5, 0.6) is 0 Å². The van der Waals surface area contributed by atoms with Crippen LogP contribution >= 0.6 is 11.6 Å². The number of hydrogen-bond donors (Lipinski definition) is 1. The van der Waals surface area contributed by atoms with Gasteiger partial charge in [0.2, 0.25) is 5.91 Å². The summed E-state index contributed by atoms with van der Waals surface area (Å²) in [6.07, 6.45) is 4.11. The largest absolute Gasteiger partial charge is 0.370 e. The minimum atomic E-state index is -0.435. The van der Waals surface area contributed by atoms with E-state index in [4.69, 9.17) is 11.6 Å². The molecular weight excluding hydrogens is 416 g/mol. The van der Waals surface area contributed by atoms with Crippen LogP contribution in [0.15, 0.2) is 30.5 Å². The lowest BCUT2D eigenvalue weighted by atomic mass is 10.1. The summed E-state index contributed by atoms with van der Waals surface area (Å²) < 4.78 is 1.76. The molecule has 2 amide bonds. The number of anilines is 2. The van der Waals surface area contributed by atoms with Crippen molar-refractivity contribution in [1.82, 2.24) is 19.6 Å². The van der Waals surface area contributed by atoms with E-state index in [0.29, 0.717) is 36.0 Å². The molecule has 4 rings (SSSR count). The molecule has 0 bridgehead atoms. The van der Waals surface area contributed by atoms with E-state index in [1.165, 1.54) is 0 Å². The summed E-state index contributed by atoms with van der Waals surface area (Å²) in [5, 5.41) is 7.86. The van der Waals surface area contributed by atoms with Crippen LogP contribution in [-0.4, -0.2) is 77.2 Å². The number of aryl methyl sites for hydroxylation is 1. The van der Waals surface area contributed by atoms with Crippen molar-refractivity contribution in [3.63, 3.8) is 0 Å². The molecular formula is C22H29ClN6O2. The number of hydrogen-bond acceptors (Lipinski definition) is 5. The number of piperazine rings is 1. The Bertz CT molecular complexity index is 955. The number of carbonyl (C=O) groups is 2. The van der Waals surface area contributed by atoms with Gasteiger partial charge in [0.05, 0.1) is 10.7 Å². The molecule has 2 aliphatic rings. The predicted octanol–water partition coefficient (Wildman–Crippen LogP) is 2.55. The second kappa shape index (κ2) is 9.28. The lowest BCUT2D eigenvalue weighted by Crippen LogP contribution is -2.57. The van der Waals surface area contributed by atoms with Gasteiger partial charge >= 0.3 is 0 Å². The number of amides is 2. The summed E-state index contributed by atoms with van der Waals surface area (Å²) in [5.41, 5.74) is 1.52. The molecule has 166 valence electrons. The highest BCUT2D eigenvalue weighted by molar-refractivity contribution is 6.33. The molecule has 2 fully saturated rings. The molecule has 9 heteroatoms. The Kier molecular flexibility index (Phi) is 6.48. The van der Waals surface area contributed by atoms with Crippen molar-refractivity contribution in [2.45, 2.75) is 32.4 Å². The molecule has 8 nitrogen and oxygen atoms in total. The van der Waals surface area contributed by atoms with Crippen LogP contribution in [0.4, 0.5) is 11.5 Å². The zero-order valence-corrected chi connectivity index (χ0v) is 18.8. The number of likely N-dealkylation sites (N-methyl/N-ethyl adjacent to an activating group) is 1. The fraction of sp³-hybridized carbons (Fsp3) is 0.500. The van der Waals surface area contributed by atoms with E-state index in [9.17, 15) is 9.59 Å². The van der Waals surface area contributed by atoms with Crippen molar-refractivity contribution in [2.75, 3.05) is 50.0 Å². The van der Waals surface area contributed by atoms with E-state index in [1.54, 1.807) is 27.8 Å². The van der Waals surface area contributed by atoms with E-state index in [-0.39, 0.29) is 11.8 Å². The normalized spacial score (nSPS) is 19.6. The molecule has 2 aliphatic heterocycles. The Morgan fingerprint density at radius 2 is 1.94 bits per heavy atom. The maximum atomic E-state index is 13.3. The van der Waals surface area contributed by atoms with Gasteiger partial charge < -0.3 is 15.1 Å². The third-order valence-electron chi connectivity index (χ3n) is 6.09. The van der Waals surface area contributed by atoms with Gasteiger partial charge in [0.1, 0.15) is 6.04 Å². The highest BCUT2D eigenvalue weighted by Crippen LogP contribution is 2.30. The molecule has 2 saturated heterocycles. The van der Waals surface area contributed by atoms with E-state index in [2.05, 4.69) is 15.3 Å². The molecule has 1 aromatic heterocycles. The summed E-state index contributed by atoms with van der Waals surface area (Å²) >= 11 is 6.41. The topological polar surface area (TPSA) is 73.7 Å². The predicted molar refractivity (Wildman–Crippen MR) is 122 cm³/mol. The maximum Gasteiger partial charge on any atom is 0.254 e. The first-order valence-electron chi connectivity index (χ1n) is 10.8. The van der Waals surface area contributed by atoms with Gasteiger partial charge in [-0.25, -0.2) is 0 Å². The van der Waals surface area contributed by atoms with Crippen molar-refractivity contribution in [2.24, 2.45) is 0 Å². The van der Waals surface area contributed by atoms with E-state index < -0.39 is 6.04 Å². The minimum absolute atomic E-state index is 0.0710. The summed E-state index contributed by atoms with van der Waals surface area (Å²) in [4.78, 5) is 32.1. The maximum absolute atomic E-state index is 13.3. The molecule has 1 atom stereocenters. The van der Waals surface area contributed by atoms with Gasteiger partial charge in [0.15, 0.2) is 5.82 Å². The van der Waals surface area contributed by atoms with Crippen LogP contribution in [0, 0.1) is 0 Å². The lowest BCUT2D eigenvalue weighted by Gasteiger charge is -2.38. The number of halogens is 1. The Balaban J connectivity index is 1.46. The van der Waals surface area contributed by atoms with Crippen LogP contribution < -0.4 is 10.2 Å². The molecule has 1 N–H and O–H groups in total. The van der Waals surface area contributed by atoms with Crippen molar-refractivity contribution in [1.29, 1.82) is 0 Å². The van der Waals surface area contributed by atoms with Crippen molar-refractivity contribution in [3.05, 3.63) is 41.0 Å². The Morgan fingerprint density at radius 1 is 1.16 bits per heavy atom. The zero-order chi connectivity index (χ0) is 22.0. The van der Waals surface area contributed by atoms with Crippen molar-refractivity contribution >= 4 is 34.9 Å². The quantitative estimate of drug-likeness (QED) is 0.767. The molecule has 1 aromatic carbocycles. The highest BCUT2D eigenvalue weighted by atomic mass is 35.5. The first-order valence-corrected chi connectivity index (χ1v) is 11.2. The third-order valence-corrected chi connectivity index (χ3v) is 6.41. The van der Waals surface area contributed by atoms with Crippen molar-refractivity contribution < 1.29 is 9.59 Å². The van der Waals surface area contributed by atoms with Crippen LogP contribution in [0.25, 0.3) is 0 Å². The van der Waals surface area contributed by atoms with Crippen molar-refractivity contribution in [3.8, 4) is 0 Å². The lowest BCUT2D eigenvalue weighted by molar-refractivity contribution is -0.122. The summed E-state index contributed by atoms with van der Waals surface area (Å²) in [6.45, 7) is 6.18. The second-order valence-corrected chi connectivity index (χ2v) is 8.56. The van der Waals surface area contributed by atoms with E-state index in [1.807, 2.05) is 31.1 Å². The molecule has 3 heterocycles. The standard InChI is InChI=1S/C22H29ClN6O2/c1-3-29-11-8-20(25-29)24-21(30)19-15-28(13-12-26(19)2)22(31)16-6-7-17(23)18(14-16)27-9-4-5-10-27/h6-8,11,14,19H,3-5,9-10,12-13,15H2,1-2H3,(H,24,25,30). The third kappa shape index (κ3) is 4.70. The van der Waals surface area contributed by atoms with E-state index >= 15 is 0 Å². The number of nitrogens with zero attached hydrogens (tertiary/aromatic N) is 5. The SMILES string of the molecule is CCn1ccc(NC(=O)C2CN(C(=O)c3ccc(Cl)c(N4CCCC4)c3)CCN2C)n1. The van der Waals surface area contributed by atoms with Crippen LogP contribution in [-0.2, 0) is 11.3 Å². The zero-order valence-electron chi connectivity index (χ0n) is 18.1. The van der Waals surface area contributed by atoms with Gasteiger partial charge in [-0.15, -0.1) is 0 Å². The van der Waals surface area contributed by atoms with Gasteiger partial charge in [-0.3, -0.25) is 19.2 Å². The first kappa shape index (κ1) is 21.6. The number of rotatable bonds is 5. The summed E-state index contributed by atoms with van der Waals surface area (Å²) in [5.74, 6) is 0.296. The second-order valence-electron chi connectivity index (χ2n) is 8.15. The smallest absolute Gasteiger partial charge is 0.254 e. The molecule has 0 aliphatic carbocycles. The molecule has 1 unspecified atom stereocenters. The highest BCUT2D eigenvalue weighted by Gasteiger charge is 2.33. The minimum Gasteiger partial charge on any atom is -0.370 e. The number of nitrogens with one attached hydrogen (secondary N) is 1.